The minimum Gasteiger partial charge on any atom is -0.496 e. The molecule has 0 aliphatic heterocycles. The zero-order valence-corrected chi connectivity index (χ0v) is 14.0. The number of aryl methyl sites for hydroxylation is 1. The third-order valence-electron chi connectivity index (χ3n) is 5.37. The molecule has 6 nitrogen and oxygen atoms in total. The van der Waals surface area contributed by atoms with Gasteiger partial charge in [0.05, 0.1) is 19.9 Å². The van der Waals surface area contributed by atoms with E-state index in [-0.39, 0.29) is 5.69 Å². The lowest BCUT2D eigenvalue weighted by molar-refractivity contribution is 0.0689. The fourth-order valence-electron chi connectivity index (χ4n) is 4.41. The summed E-state index contributed by atoms with van der Waals surface area (Å²) >= 11 is 0. The minimum absolute atomic E-state index is 0.0236. The van der Waals surface area contributed by atoms with Crippen molar-refractivity contribution >= 4 is 5.97 Å². The maximum atomic E-state index is 11.2. The van der Waals surface area contributed by atoms with E-state index in [1.54, 1.807) is 32.0 Å². The first-order valence-electron chi connectivity index (χ1n) is 8.11. The number of rotatable bonds is 4. The van der Waals surface area contributed by atoms with Crippen LogP contribution in [0, 0.1) is 0 Å². The van der Waals surface area contributed by atoms with Crippen molar-refractivity contribution in [3.63, 3.8) is 0 Å². The Kier molecular flexibility index (Phi) is 3.30. The molecule has 4 rings (SSSR count). The number of carbonyl (C=O) groups is 1. The van der Waals surface area contributed by atoms with Crippen LogP contribution in [0.25, 0.3) is 11.3 Å². The van der Waals surface area contributed by atoms with E-state index in [4.69, 9.17) is 9.47 Å². The minimum atomic E-state index is -1.04. The molecule has 1 aromatic carbocycles. The average Bonchev–Trinajstić information content (AvgIpc) is 3.27. The smallest absolute Gasteiger partial charge is 0.356 e. The van der Waals surface area contributed by atoms with Crippen LogP contribution in [-0.4, -0.2) is 35.1 Å². The Balaban J connectivity index is 1.97. The molecular formula is C18H20N2O4. The Labute approximate surface area is 140 Å². The van der Waals surface area contributed by atoms with Gasteiger partial charge in [-0.25, -0.2) is 4.79 Å². The number of carboxylic acids is 1. The van der Waals surface area contributed by atoms with E-state index < -0.39 is 5.97 Å². The van der Waals surface area contributed by atoms with Gasteiger partial charge in [0, 0.05) is 23.7 Å². The highest BCUT2D eigenvalue weighted by Crippen LogP contribution is 2.60. The zero-order valence-electron chi connectivity index (χ0n) is 14.0. The predicted octanol–water partition coefficient (Wildman–Crippen LogP) is 3.17. The molecule has 0 radical (unpaired) electrons. The molecule has 2 aliphatic rings. The van der Waals surface area contributed by atoms with Gasteiger partial charge in [0.1, 0.15) is 11.5 Å². The lowest BCUT2D eigenvalue weighted by atomic mass is 9.87. The Morgan fingerprint density at radius 2 is 1.92 bits per heavy atom. The van der Waals surface area contributed by atoms with Crippen molar-refractivity contribution < 1.29 is 19.4 Å². The molecule has 1 aromatic heterocycles. The first-order valence-corrected chi connectivity index (χ1v) is 8.11. The summed E-state index contributed by atoms with van der Waals surface area (Å²) in [6.07, 6.45) is 3.52. The number of carboxylic acid groups (broad SMARTS) is 1. The molecule has 0 saturated heterocycles. The molecule has 2 atom stereocenters. The number of aromatic nitrogens is 2. The van der Waals surface area contributed by atoms with Crippen molar-refractivity contribution in [3.05, 3.63) is 29.0 Å². The third kappa shape index (κ3) is 1.95. The van der Waals surface area contributed by atoms with Crippen LogP contribution < -0.4 is 9.47 Å². The van der Waals surface area contributed by atoms with E-state index in [9.17, 15) is 9.90 Å². The number of ether oxygens (including phenoxy) is 2. The first-order chi connectivity index (χ1) is 11.5. The van der Waals surface area contributed by atoms with Gasteiger partial charge < -0.3 is 14.6 Å². The fourth-order valence-corrected chi connectivity index (χ4v) is 4.41. The standard InChI is InChI=1S/C18H20N2O4/c1-20-13(8-12(19-20)18(21)22)11-7-14(23-2)15-9-4-5-10(6-9)16(15)17(11)24-3/h7-10H,4-6H2,1-3H3,(H,21,22). The van der Waals surface area contributed by atoms with Crippen LogP contribution >= 0.6 is 0 Å². The molecule has 2 bridgehead atoms. The summed E-state index contributed by atoms with van der Waals surface area (Å²) in [5.41, 5.74) is 4.09. The van der Waals surface area contributed by atoms with E-state index in [0.29, 0.717) is 17.5 Å². The Hall–Kier alpha value is -2.50. The van der Waals surface area contributed by atoms with E-state index in [0.717, 1.165) is 23.5 Å². The molecule has 0 spiro atoms. The summed E-state index contributed by atoms with van der Waals surface area (Å²) in [4.78, 5) is 11.2. The van der Waals surface area contributed by atoms with E-state index in [2.05, 4.69) is 5.10 Å². The highest BCUT2D eigenvalue weighted by molar-refractivity contribution is 5.88. The van der Waals surface area contributed by atoms with Crippen LogP contribution in [0.1, 0.15) is 52.7 Å². The van der Waals surface area contributed by atoms with Crippen molar-refractivity contribution in [1.82, 2.24) is 9.78 Å². The number of benzene rings is 1. The van der Waals surface area contributed by atoms with Gasteiger partial charge >= 0.3 is 5.97 Å². The maximum Gasteiger partial charge on any atom is 0.356 e. The second-order valence-electron chi connectivity index (χ2n) is 6.54. The van der Waals surface area contributed by atoms with Gasteiger partial charge in [0.2, 0.25) is 0 Å². The molecule has 1 fully saturated rings. The molecule has 2 unspecified atom stereocenters. The largest absolute Gasteiger partial charge is 0.496 e. The van der Waals surface area contributed by atoms with Crippen LogP contribution in [0.15, 0.2) is 12.1 Å². The highest BCUT2D eigenvalue weighted by Gasteiger charge is 2.42. The fraction of sp³-hybridized carbons (Fsp3) is 0.444. The molecule has 1 saturated carbocycles. The van der Waals surface area contributed by atoms with Gasteiger partial charge in [0.25, 0.3) is 0 Å². The van der Waals surface area contributed by atoms with Crippen molar-refractivity contribution in [2.75, 3.05) is 14.2 Å². The van der Waals surface area contributed by atoms with Crippen LogP contribution in [-0.2, 0) is 7.05 Å². The highest BCUT2D eigenvalue weighted by atomic mass is 16.5. The third-order valence-corrected chi connectivity index (χ3v) is 5.37. The lowest BCUT2D eigenvalue weighted by Gasteiger charge is -2.23. The topological polar surface area (TPSA) is 73.6 Å². The second kappa shape index (κ2) is 5.26. The van der Waals surface area contributed by atoms with E-state index >= 15 is 0 Å². The Morgan fingerprint density at radius 3 is 2.50 bits per heavy atom. The number of nitrogens with zero attached hydrogens (tertiary/aromatic N) is 2. The maximum absolute atomic E-state index is 11.2. The molecule has 24 heavy (non-hydrogen) atoms. The van der Waals surface area contributed by atoms with Crippen LogP contribution in [0.2, 0.25) is 0 Å². The van der Waals surface area contributed by atoms with Gasteiger partial charge in [0.15, 0.2) is 5.69 Å². The van der Waals surface area contributed by atoms with Gasteiger partial charge in [-0.1, -0.05) is 0 Å². The summed E-state index contributed by atoms with van der Waals surface area (Å²) in [6, 6.07) is 3.54. The Morgan fingerprint density at radius 1 is 1.21 bits per heavy atom. The van der Waals surface area contributed by atoms with Crippen molar-refractivity contribution in [2.24, 2.45) is 7.05 Å². The van der Waals surface area contributed by atoms with Crippen molar-refractivity contribution in [1.29, 1.82) is 0 Å². The summed E-state index contributed by atoms with van der Waals surface area (Å²) < 4.78 is 13.0. The van der Waals surface area contributed by atoms with Crippen LogP contribution in [0.4, 0.5) is 0 Å². The van der Waals surface area contributed by atoms with Crippen molar-refractivity contribution in [3.8, 4) is 22.8 Å². The predicted molar refractivity (Wildman–Crippen MR) is 88.0 cm³/mol. The van der Waals surface area contributed by atoms with Gasteiger partial charge in [-0.3, -0.25) is 4.68 Å². The molecule has 1 heterocycles. The molecule has 0 amide bonds. The normalized spacial score (nSPS) is 21.0. The Bertz CT molecular complexity index is 840. The lowest BCUT2D eigenvalue weighted by Crippen LogP contribution is -2.06. The zero-order chi connectivity index (χ0) is 17.0. The number of methoxy groups -OCH3 is 2. The quantitative estimate of drug-likeness (QED) is 0.933. The number of aromatic carboxylic acids is 1. The first kappa shape index (κ1) is 15.1. The molecule has 2 aromatic rings. The summed E-state index contributed by atoms with van der Waals surface area (Å²) in [5, 5.41) is 13.3. The van der Waals surface area contributed by atoms with Crippen molar-refractivity contribution in [2.45, 2.75) is 31.1 Å². The summed E-state index contributed by atoms with van der Waals surface area (Å²) in [6.45, 7) is 0. The SMILES string of the molecule is COc1cc(-c2cc(C(=O)O)nn2C)c(OC)c2c1C1CCC2C1. The van der Waals surface area contributed by atoms with E-state index in [1.165, 1.54) is 24.0 Å². The molecule has 126 valence electrons. The van der Waals surface area contributed by atoms with Gasteiger partial charge in [-0.2, -0.15) is 5.10 Å². The summed E-state index contributed by atoms with van der Waals surface area (Å²) in [7, 11) is 5.10. The second-order valence-corrected chi connectivity index (χ2v) is 6.54. The van der Waals surface area contributed by atoms with E-state index in [1.807, 2.05) is 6.07 Å². The number of hydrogen-bond donors (Lipinski definition) is 1. The number of fused-ring (bicyclic) bond motifs is 5. The van der Waals surface area contributed by atoms with Gasteiger partial charge in [-0.15, -0.1) is 0 Å². The monoisotopic (exact) mass is 328 g/mol. The van der Waals surface area contributed by atoms with Gasteiger partial charge in [-0.05, 0) is 43.2 Å². The van der Waals surface area contributed by atoms with Crippen LogP contribution in [0.5, 0.6) is 11.5 Å². The van der Waals surface area contributed by atoms with Crippen LogP contribution in [0.3, 0.4) is 0 Å². The average molecular weight is 328 g/mol. The molecule has 1 N–H and O–H groups in total. The molecular weight excluding hydrogens is 308 g/mol. The summed E-state index contributed by atoms with van der Waals surface area (Å²) in [5.74, 6) is 1.71. The molecule has 2 aliphatic carbocycles. The number of hydrogen-bond acceptors (Lipinski definition) is 4. The molecule has 6 heteroatoms.